The molecular formula is C24H20IN3O. The predicted octanol–water partition coefficient (Wildman–Crippen LogP) is 5.47. The van der Waals surface area contributed by atoms with E-state index in [1.165, 1.54) is 9.13 Å². The first-order valence-corrected chi connectivity index (χ1v) is 10.4. The molecule has 5 heteroatoms. The van der Waals surface area contributed by atoms with Crippen LogP contribution in [0.25, 0.3) is 21.5 Å². The van der Waals surface area contributed by atoms with Gasteiger partial charge in [0.05, 0.1) is 12.8 Å². The van der Waals surface area contributed by atoms with Crippen molar-refractivity contribution < 1.29 is 4.79 Å². The molecule has 0 bridgehead atoms. The van der Waals surface area contributed by atoms with Crippen molar-refractivity contribution >= 4 is 61.9 Å². The number of hydrogen-bond acceptors (Lipinski definition) is 3. The fraction of sp³-hybridized carbons (Fsp3) is 0.0833. The number of rotatable bonds is 5. The highest BCUT2D eigenvalue weighted by Crippen LogP contribution is 2.27. The molecule has 0 fully saturated rings. The zero-order chi connectivity index (χ0) is 20.2. The minimum Gasteiger partial charge on any atom is -0.376 e. The average molecular weight is 493 g/mol. The molecule has 0 aliphatic carbocycles. The number of aryl methyl sites for hydroxylation is 1. The van der Waals surface area contributed by atoms with Crippen LogP contribution in [0.4, 0.5) is 5.69 Å². The number of hydrazone groups is 1. The summed E-state index contributed by atoms with van der Waals surface area (Å²) < 4.78 is 1.20. The minimum absolute atomic E-state index is 0.160. The van der Waals surface area contributed by atoms with E-state index in [-0.39, 0.29) is 12.5 Å². The van der Waals surface area contributed by atoms with Gasteiger partial charge in [-0.15, -0.1) is 0 Å². The second kappa shape index (κ2) is 8.61. The van der Waals surface area contributed by atoms with Gasteiger partial charge in [0.2, 0.25) is 0 Å². The Labute approximate surface area is 183 Å². The quantitative estimate of drug-likeness (QED) is 0.168. The van der Waals surface area contributed by atoms with Crippen molar-refractivity contribution in [2.24, 2.45) is 5.10 Å². The number of nitrogens with zero attached hydrogens (tertiary/aromatic N) is 1. The van der Waals surface area contributed by atoms with E-state index in [0.29, 0.717) is 0 Å². The number of nitrogens with one attached hydrogen (secondary N) is 2. The van der Waals surface area contributed by atoms with Crippen LogP contribution in [0.1, 0.15) is 11.1 Å². The van der Waals surface area contributed by atoms with E-state index in [2.05, 4.69) is 68.8 Å². The van der Waals surface area contributed by atoms with E-state index < -0.39 is 0 Å². The van der Waals surface area contributed by atoms with Gasteiger partial charge in [0.1, 0.15) is 0 Å². The highest BCUT2D eigenvalue weighted by molar-refractivity contribution is 14.1. The summed E-state index contributed by atoms with van der Waals surface area (Å²) in [4.78, 5) is 12.2. The normalized spacial score (nSPS) is 11.2. The van der Waals surface area contributed by atoms with Gasteiger partial charge in [-0.25, -0.2) is 5.43 Å². The van der Waals surface area contributed by atoms with Crippen LogP contribution in [0.5, 0.6) is 0 Å². The van der Waals surface area contributed by atoms with Gasteiger partial charge in [0, 0.05) is 14.8 Å². The van der Waals surface area contributed by atoms with Gasteiger partial charge in [-0.1, -0.05) is 48.5 Å². The van der Waals surface area contributed by atoms with Crippen molar-refractivity contribution in [1.82, 2.24) is 5.43 Å². The first-order chi connectivity index (χ1) is 14.1. The Morgan fingerprint density at radius 1 is 0.966 bits per heavy atom. The Kier molecular flexibility index (Phi) is 5.76. The van der Waals surface area contributed by atoms with E-state index in [0.717, 1.165) is 32.8 Å². The fourth-order valence-corrected chi connectivity index (χ4v) is 3.67. The van der Waals surface area contributed by atoms with E-state index in [4.69, 9.17) is 0 Å². The molecule has 29 heavy (non-hydrogen) atoms. The second-order valence-corrected chi connectivity index (χ2v) is 8.01. The maximum atomic E-state index is 12.2. The van der Waals surface area contributed by atoms with Crippen molar-refractivity contribution in [3.05, 3.63) is 87.5 Å². The number of carbonyl (C=O) groups excluding carboxylic acids is 1. The predicted molar refractivity (Wildman–Crippen MR) is 130 cm³/mol. The maximum absolute atomic E-state index is 12.2. The van der Waals surface area contributed by atoms with Crippen LogP contribution in [-0.2, 0) is 4.79 Å². The third kappa shape index (κ3) is 4.40. The molecule has 0 atom stereocenters. The van der Waals surface area contributed by atoms with Crippen LogP contribution in [0, 0.1) is 10.5 Å². The number of amides is 1. The summed E-state index contributed by atoms with van der Waals surface area (Å²) in [5.74, 6) is -0.193. The molecule has 0 saturated heterocycles. The summed E-state index contributed by atoms with van der Waals surface area (Å²) >= 11 is 2.29. The average Bonchev–Trinajstić information content (AvgIpc) is 2.74. The molecule has 4 rings (SSSR count). The van der Waals surface area contributed by atoms with E-state index in [9.17, 15) is 4.79 Å². The Hall–Kier alpha value is -2.93. The zero-order valence-corrected chi connectivity index (χ0v) is 18.1. The van der Waals surface area contributed by atoms with Crippen LogP contribution >= 0.6 is 22.6 Å². The van der Waals surface area contributed by atoms with Gasteiger partial charge in [0.15, 0.2) is 0 Å². The topological polar surface area (TPSA) is 53.5 Å². The van der Waals surface area contributed by atoms with E-state index in [1.54, 1.807) is 6.21 Å². The monoisotopic (exact) mass is 493 g/mol. The summed E-state index contributed by atoms with van der Waals surface area (Å²) in [6.07, 6.45) is 1.73. The van der Waals surface area contributed by atoms with Crippen LogP contribution in [0.3, 0.4) is 0 Å². The number of anilines is 1. The van der Waals surface area contributed by atoms with Crippen molar-refractivity contribution in [2.75, 3.05) is 11.9 Å². The van der Waals surface area contributed by atoms with E-state index in [1.807, 2.05) is 49.4 Å². The third-order valence-corrected chi connectivity index (χ3v) is 6.02. The van der Waals surface area contributed by atoms with Gasteiger partial charge in [-0.2, -0.15) is 5.10 Å². The highest BCUT2D eigenvalue weighted by Gasteiger charge is 2.06. The molecule has 0 radical (unpaired) electrons. The van der Waals surface area contributed by atoms with Crippen LogP contribution in [0.15, 0.2) is 77.9 Å². The molecule has 1 amide bonds. The lowest BCUT2D eigenvalue weighted by Crippen LogP contribution is -2.25. The van der Waals surface area contributed by atoms with Gasteiger partial charge >= 0.3 is 0 Å². The number of hydrogen-bond donors (Lipinski definition) is 2. The van der Waals surface area contributed by atoms with Crippen molar-refractivity contribution in [1.29, 1.82) is 0 Å². The second-order valence-electron chi connectivity index (χ2n) is 6.84. The van der Waals surface area contributed by atoms with Gasteiger partial charge < -0.3 is 5.32 Å². The lowest BCUT2D eigenvalue weighted by atomic mass is 9.97. The van der Waals surface area contributed by atoms with Gasteiger partial charge in [0.25, 0.3) is 5.91 Å². The van der Waals surface area contributed by atoms with Crippen LogP contribution in [-0.4, -0.2) is 18.7 Å². The third-order valence-electron chi connectivity index (χ3n) is 4.81. The molecule has 2 N–H and O–H groups in total. The standard InChI is InChI=1S/C24H20IN3O/c1-16-12-19(10-11-23(16)25)26-15-24(29)28-27-14-22-20-8-4-2-6-17(20)13-18-7-3-5-9-21(18)22/h2-14,26H,15H2,1H3,(H,28,29)/b27-14+. The molecule has 4 aromatic rings. The zero-order valence-electron chi connectivity index (χ0n) is 15.9. The Morgan fingerprint density at radius 2 is 1.62 bits per heavy atom. The van der Waals surface area contributed by atoms with Gasteiger partial charge in [-0.05, 0) is 80.9 Å². The van der Waals surface area contributed by atoms with Crippen molar-refractivity contribution in [3.63, 3.8) is 0 Å². The van der Waals surface area contributed by atoms with E-state index >= 15 is 0 Å². The first-order valence-electron chi connectivity index (χ1n) is 9.34. The highest BCUT2D eigenvalue weighted by atomic mass is 127. The lowest BCUT2D eigenvalue weighted by molar-refractivity contribution is -0.119. The smallest absolute Gasteiger partial charge is 0.259 e. The van der Waals surface area contributed by atoms with Crippen LogP contribution in [0.2, 0.25) is 0 Å². The number of halogens is 1. The molecule has 0 aliphatic heterocycles. The largest absolute Gasteiger partial charge is 0.376 e. The summed E-state index contributed by atoms with van der Waals surface area (Å²) in [5.41, 5.74) is 5.72. The Morgan fingerprint density at radius 3 is 2.28 bits per heavy atom. The van der Waals surface area contributed by atoms with Gasteiger partial charge in [-0.3, -0.25) is 4.79 Å². The van der Waals surface area contributed by atoms with Crippen LogP contribution < -0.4 is 10.7 Å². The molecule has 0 unspecified atom stereocenters. The summed E-state index contributed by atoms with van der Waals surface area (Å²) in [6.45, 7) is 2.21. The molecule has 4 aromatic carbocycles. The molecule has 4 nitrogen and oxygen atoms in total. The summed E-state index contributed by atoms with van der Waals surface area (Å²) in [5, 5.41) is 11.9. The first kappa shape index (κ1) is 19.4. The number of benzene rings is 4. The molecule has 0 aromatic heterocycles. The number of fused-ring (bicyclic) bond motifs is 2. The molecule has 144 valence electrons. The van der Waals surface area contributed by atoms with Crippen molar-refractivity contribution in [3.8, 4) is 0 Å². The molecule has 0 aliphatic rings. The SMILES string of the molecule is Cc1cc(NCC(=O)N/N=C/c2c3ccccc3cc3ccccc23)ccc1I. The minimum atomic E-state index is -0.193. The summed E-state index contributed by atoms with van der Waals surface area (Å²) in [7, 11) is 0. The summed E-state index contributed by atoms with van der Waals surface area (Å²) in [6, 6.07) is 24.6. The fourth-order valence-electron chi connectivity index (χ4n) is 3.33. The number of carbonyl (C=O) groups is 1. The Balaban J connectivity index is 1.50. The molecule has 0 saturated carbocycles. The molecule has 0 spiro atoms. The molecule has 0 heterocycles. The maximum Gasteiger partial charge on any atom is 0.259 e. The van der Waals surface area contributed by atoms with Crippen molar-refractivity contribution in [2.45, 2.75) is 6.92 Å². The molecular weight excluding hydrogens is 473 g/mol. The lowest BCUT2D eigenvalue weighted by Gasteiger charge is -2.08. The Bertz CT molecular complexity index is 1180.